The molecule has 10 nitrogen and oxygen atoms in total. The van der Waals surface area contributed by atoms with Crippen molar-refractivity contribution in [3.63, 3.8) is 0 Å². The number of anilines is 1. The van der Waals surface area contributed by atoms with Gasteiger partial charge in [0.15, 0.2) is 23.2 Å². The van der Waals surface area contributed by atoms with Gasteiger partial charge in [0.25, 0.3) is 0 Å². The van der Waals surface area contributed by atoms with E-state index in [-0.39, 0.29) is 6.61 Å². The predicted molar refractivity (Wildman–Crippen MR) is 99.0 cm³/mol. The van der Waals surface area contributed by atoms with Crippen LogP contribution in [0.3, 0.4) is 0 Å². The van der Waals surface area contributed by atoms with E-state index in [1.807, 2.05) is 0 Å². The van der Waals surface area contributed by atoms with Crippen molar-refractivity contribution in [1.82, 2.24) is 19.5 Å². The van der Waals surface area contributed by atoms with Crippen LogP contribution < -0.4 is 5.32 Å². The number of aromatic nitrogens is 4. The Kier molecular flexibility index (Phi) is 5.92. The first-order chi connectivity index (χ1) is 12.9. The molecule has 0 radical (unpaired) electrons. The number of hydrogen-bond donors (Lipinski definition) is 4. The molecule has 27 heavy (non-hydrogen) atoms. The van der Waals surface area contributed by atoms with Crippen molar-refractivity contribution in [2.24, 2.45) is 0 Å². The highest BCUT2D eigenvalue weighted by atomic mass is 16.6. The van der Waals surface area contributed by atoms with E-state index in [2.05, 4.69) is 41.2 Å². The highest BCUT2D eigenvalue weighted by Gasteiger charge is 2.44. The summed E-state index contributed by atoms with van der Waals surface area (Å²) < 4.78 is 8.09. The Morgan fingerprint density at radius 1 is 1.19 bits per heavy atom. The van der Waals surface area contributed by atoms with Gasteiger partial charge >= 0.3 is 0 Å². The smallest absolute Gasteiger partial charge is 0.167 e. The first kappa shape index (κ1) is 19.9. The molecule has 4 atom stereocenters. The number of nitrogens with zero attached hydrogens (tertiary/aromatic N) is 5. The van der Waals surface area contributed by atoms with Crippen LogP contribution in [0.5, 0.6) is 0 Å². The Morgan fingerprint density at radius 2 is 1.93 bits per heavy atom. The van der Waals surface area contributed by atoms with Crippen LogP contribution in [0.15, 0.2) is 12.7 Å². The van der Waals surface area contributed by atoms with Gasteiger partial charge in [-0.15, -0.1) is 0 Å². The second kappa shape index (κ2) is 8.03. The largest absolute Gasteiger partial charge is 0.394 e. The van der Waals surface area contributed by atoms with Gasteiger partial charge in [-0.2, -0.15) is 0 Å². The van der Waals surface area contributed by atoms with E-state index in [9.17, 15) is 15.3 Å². The summed E-state index contributed by atoms with van der Waals surface area (Å²) in [5.41, 5.74) is 1.06. The van der Waals surface area contributed by atoms with Crippen LogP contribution in [-0.4, -0.2) is 97.5 Å². The molecule has 2 aromatic rings. The summed E-state index contributed by atoms with van der Waals surface area (Å²) in [6.45, 7) is 7.77. The van der Waals surface area contributed by atoms with Gasteiger partial charge in [-0.05, 0) is 13.8 Å². The maximum atomic E-state index is 10.2. The van der Waals surface area contributed by atoms with Gasteiger partial charge in [-0.3, -0.25) is 4.57 Å². The molecule has 3 rings (SSSR count). The molecule has 0 aliphatic carbocycles. The van der Waals surface area contributed by atoms with Gasteiger partial charge in [0.2, 0.25) is 0 Å². The quantitative estimate of drug-likeness (QED) is 0.444. The number of aliphatic hydroxyl groups is 3. The van der Waals surface area contributed by atoms with Crippen LogP contribution in [0.2, 0.25) is 0 Å². The number of ether oxygens (including phenoxy) is 1. The van der Waals surface area contributed by atoms with E-state index in [0.29, 0.717) is 17.0 Å². The summed E-state index contributed by atoms with van der Waals surface area (Å²) in [6.07, 6.45) is -1.14. The zero-order chi connectivity index (χ0) is 19.6. The fraction of sp³-hybridized carbons (Fsp3) is 0.706. The van der Waals surface area contributed by atoms with E-state index in [1.54, 1.807) is 4.57 Å². The van der Waals surface area contributed by atoms with Crippen LogP contribution in [-0.2, 0) is 4.74 Å². The van der Waals surface area contributed by atoms with Gasteiger partial charge in [-0.1, -0.05) is 0 Å². The van der Waals surface area contributed by atoms with Crippen molar-refractivity contribution in [3.8, 4) is 0 Å². The average molecular weight is 381 g/mol. The molecule has 0 saturated carbocycles. The first-order valence-electron chi connectivity index (χ1n) is 9.31. The highest BCUT2D eigenvalue weighted by Crippen LogP contribution is 2.32. The van der Waals surface area contributed by atoms with Gasteiger partial charge in [0, 0.05) is 0 Å². The van der Waals surface area contributed by atoms with Crippen molar-refractivity contribution < 1.29 is 24.5 Å². The first-order valence-corrected chi connectivity index (χ1v) is 9.31. The lowest BCUT2D eigenvalue weighted by Gasteiger charge is -2.32. The maximum absolute atomic E-state index is 10.2. The molecule has 3 heterocycles. The minimum atomic E-state index is -1.18. The Bertz CT molecular complexity index is 765. The van der Waals surface area contributed by atoms with Gasteiger partial charge in [-0.25, -0.2) is 15.0 Å². The molecule has 1 saturated heterocycles. The van der Waals surface area contributed by atoms with E-state index in [4.69, 9.17) is 4.74 Å². The standard InChI is InChI=1S/C17H29N6O4/c1-4-23(3,5-2)7-6-18-15-12-16(20-9-19-15)22(10-21-12)17-14(26)13(25)11(8-24)27-17/h9-11,13-14,17,24-26H,4-8H2,1-3H3,(H,18,19,20)/q+1/t11-,13-,14-,17-/m1/s1. The molecule has 0 bridgehead atoms. The number of hydrogen-bond acceptors (Lipinski definition) is 8. The Morgan fingerprint density at radius 3 is 2.56 bits per heavy atom. The number of rotatable bonds is 8. The number of aliphatic hydroxyl groups excluding tert-OH is 3. The minimum absolute atomic E-state index is 0.380. The minimum Gasteiger partial charge on any atom is -0.394 e. The van der Waals surface area contributed by atoms with Crippen molar-refractivity contribution in [2.45, 2.75) is 38.4 Å². The second-order valence-corrected chi connectivity index (χ2v) is 7.18. The third-order valence-corrected chi connectivity index (χ3v) is 5.62. The lowest BCUT2D eigenvalue weighted by molar-refractivity contribution is -0.904. The number of nitrogens with one attached hydrogen (secondary N) is 1. The van der Waals surface area contributed by atoms with Crippen molar-refractivity contribution in [2.75, 3.05) is 45.2 Å². The molecular formula is C17H29N6O4+. The zero-order valence-corrected chi connectivity index (χ0v) is 16.0. The van der Waals surface area contributed by atoms with Crippen LogP contribution in [0.4, 0.5) is 5.82 Å². The summed E-state index contributed by atoms with van der Waals surface area (Å²) in [7, 11) is 2.22. The van der Waals surface area contributed by atoms with E-state index < -0.39 is 24.5 Å². The summed E-state index contributed by atoms with van der Waals surface area (Å²) in [5, 5.41) is 32.8. The Labute approximate surface area is 158 Å². The lowest BCUT2D eigenvalue weighted by atomic mass is 10.1. The van der Waals surface area contributed by atoms with Gasteiger partial charge in [0.05, 0.1) is 46.2 Å². The SMILES string of the molecule is CC[N+](C)(CC)CCNc1ncnc2c1ncn2[C@@H]1O[C@H](CO)[C@@H](O)[C@H]1O. The van der Waals surface area contributed by atoms with E-state index >= 15 is 0 Å². The molecular weight excluding hydrogens is 352 g/mol. The molecule has 0 amide bonds. The van der Waals surface area contributed by atoms with Crippen LogP contribution in [0, 0.1) is 0 Å². The zero-order valence-electron chi connectivity index (χ0n) is 16.0. The van der Waals surface area contributed by atoms with E-state index in [1.165, 1.54) is 12.7 Å². The fourth-order valence-electron chi connectivity index (χ4n) is 3.26. The number of imidazole rings is 1. The Balaban J connectivity index is 1.79. The predicted octanol–water partition coefficient (Wildman–Crippen LogP) is -0.664. The third kappa shape index (κ3) is 3.76. The van der Waals surface area contributed by atoms with Crippen molar-refractivity contribution in [3.05, 3.63) is 12.7 Å². The molecule has 4 N–H and O–H groups in total. The Hall–Kier alpha value is -1.85. The monoisotopic (exact) mass is 381 g/mol. The molecule has 1 aliphatic heterocycles. The molecule has 0 aromatic carbocycles. The molecule has 0 spiro atoms. The average Bonchev–Trinajstić information content (AvgIpc) is 3.23. The third-order valence-electron chi connectivity index (χ3n) is 5.62. The van der Waals surface area contributed by atoms with Crippen LogP contribution in [0.25, 0.3) is 11.2 Å². The van der Waals surface area contributed by atoms with Crippen LogP contribution >= 0.6 is 0 Å². The van der Waals surface area contributed by atoms with Crippen LogP contribution in [0.1, 0.15) is 20.1 Å². The molecule has 10 heteroatoms. The summed E-state index contributed by atoms with van der Waals surface area (Å²) in [5.74, 6) is 0.615. The fourth-order valence-corrected chi connectivity index (χ4v) is 3.26. The number of fused-ring (bicyclic) bond motifs is 1. The summed E-state index contributed by atoms with van der Waals surface area (Å²) in [4.78, 5) is 12.9. The van der Waals surface area contributed by atoms with Crippen molar-refractivity contribution >= 4 is 17.0 Å². The molecule has 1 aliphatic rings. The van der Waals surface area contributed by atoms with Gasteiger partial charge < -0.3 is 29.9 Å². The normalized spacial score (nSPS) is 26.0. The number of likely N-dealkylation sites (N-methyl/N-ethyl adjacent to an activating group) is 1. The lowest BCUT2D eigenvalue weighted by Crippen LogP contribution is -2.46. The molecule has 150 valence electrons. The topological polar surface area (TPSA) is 126 Å². The van der Waals surface area contributed by atoms with Gasteiger partial charge in [0.1, 0.15) is 24.6 Å². The second-order valence-electron chi connectivity index (χ2n) is 7.18. The summed E-state index contributed by atoms with van der Waals surface area (Å²) >= 11 is 0. The van der Waals surface area contributed by atoms with E-state index in [0.717, 1.165) is 30.7 Å². The summed E-state index contributed by atoms with van der Waals surface area (Å²) in [6, 6.07) is 0. The van der Waals surface area contributed by atoms with Crippen molar-refractivity contribution in [1.29, 1.82) is 0 Å². The molecule has 1 fully saturated rings. The highest BCUT2D eigenvalue weighted by molar-refractivity contribution is 5.82. The molecule has 2 aromatic heterocycles. The molecule has 0 unspecified atom stereocenters. The number of quaternary nitrogens is 1. The maximum Gasteiger partial charge on any atom is 0.167 e.